The fourth-order valence-electron chi connectivity index (χ4n) is 2.64. The van der Waals surface area contributed by atoms with E-state index in [-0.39, 0.29) is 29.9 Å². The molecule has 7 nitrogen and oxygen atoms in total. The number of hydrogen-bond donors (Lipinski definition) is 1. The van der Waals surface area contributed by atoms with Gasteiger partial charge in [0.2, 0.25) is 0 Å². The monoisotopic (exact) mass is 478 g/mol. The van der Waals surface area contributed by atoms with E-state index >= 15 is 0 Å². The molecule has 0 aromatic carbocycles. The van der Waals surface area contributed by atoms with E-state index in [1.165, 1.54) is 6.26 Å². The molecule has 0 radical (unpaired) electrons. The number of carbonyl (C=O) groups excluding carboxylic acids is 1. The number of aliphatic imine (C=N–C) groups is 1. The lowest BCUT2D eigenvalue weighted by Gasteiger charge is -2.36. The van der Waals surface area contributed by atoms with Crippen LogP contribution in [0.2, 0.25) is 0 Å². The lowest BCUT2D eigenvalue weighted by atomic mass is 10.2. The number of nitrogens with one attached hydrogen (secondary N) is 1. The summed E-state index contributed by atoms with van der Waals surface area (Å²) in [6.07, 6.45) is 1.53. The summed E-state index contributed by atoms with van der Waals surface area (Å²) in [5.41, 5.74) is 0. The standard InChI is InChI=1S/C18H30N4O3.HI/c1-4-19-18(20-7-13-24-14-15(2)3)22-10-8-21(9-11-22)17(23)16-6-5-12-25-16;/h5-6,12,15H,4,7-11,13-14H2,1-3H3,(H,19,20);1H. The van der Waals surface area contributed by atoms with Crippen molar-refractivity contribution in [3.8, 4) is 0 Å². The van der Waals surface area contributed by atoms with Crippen LogP contribution in [0.4, 0.5) is 0 Å². The van der Waals surface area contributed by atoms with Gasteiger partial charge in [-0.05, 0) is 25.0 Å². The van der Waals surface area contributed by atoms with E-state index in [0.717, 1.165) is 32.2 Å². The predicted octanol–water partition coefficient (Wildman–Crippen LogP) is 2.29. The van der Waals surface area contributed by atoms with Crippen LogP contribution in [0.15, 0.2) is 27.8 Å². The summed E-state index contributed by atoms with van der Waals surface area (Å²) in [6.45, 7) is 12.0. The maximum atomic E-state index is 12.3. The molecule has 1 aliphatic heterocycles. The molecule has 26 heavy (non-hydrogen) atoms. The van der Waals surface area contributed by atoms with Gasteiger partial charge in [-0.1, -0.05) is 13.8 Å². The first-order valence-corrected chi connectivity index (χ1v) is 9.05. The molecular formula is C18H31IN4O3. The fraction of sp³-hybridized carbons (Fsp3) is 0.667. The Kier molecular flexibility index (Phi) is 10.6. The second-order valence-electron chi connectivity index (χ2n) is 6.46. The Hall–Kier alpha value is -1.29. The molecule has 2 heterocycles. The second kappa shape index (κ2) is 12.2. The topological polar surface area (TPSA) is 70.3 Å². The van der Waals surface area contributed by atoms with Crippen LogP contribution in [0.25, 0.3) is 0 Å². The van der Waals surface area contributed by atoms with Crippen molar-refractivity contribution >= 4 is 35.8 Å². The van der Waals surface area contributed by atoms with Gasteiger partial charge in [-0.15, -0.1) is 24.0 Å². The minimum absolute atomic E-state index is 0. The highest BCUT2D eigenvalue weighted by Gasteiger charge is 2.25. The van der Waals surface area contributed by atoms with Crippen molar-refractivity contribution in [3.63, 3.8) is 0 Å². The molecule has 0 saturated carbocycles. The normalized spacial score (nSPS) is 15.2. The van der Waals surface area contributed by atoms with Crippen LogP contribution in [0.3, 0.4) is 0 Å². The van der Waals surface area contributed by atoms with Crippen LogP contribution in [-0.4, -0.2) is 74.1 Å². The zero-order chi connectivity index (χ0) is 18.1. The van der Waals surface area contributed by atoms with Crippen LogP contribution < -0.4 is 5.32 Å². The summed E-state index contributed by atoms with van der Waals surface area (Å²) in [5.74, 6) is 1.78. The van der Waals surface area contributed by atoms with E-state index in [4.69, 9.17) is 9.15 Å². The van der Waals surface area contributed by atoms with Crippen molar-refractivity contribution in [1.82, 2.24) is 15.1 Å². The van der Waals surface area contributed by atoms with Gasteiger partial charge < -0.3 is 24.3 Å². The molecule has 2 rings (SSSR count). The third kappa shape index (κ3) is 7.14. The maximum absolute atomic E-state index is 12.3. The van der Waals surface area contributed by atoms with Crippen LogP contribution in [-0.2, 0) is 4.74 Å². The Labute approximate surface area is 173 Å². The Morgan fingerprint density at radius 2 is 2.00 bits per heavy atom. The van der Waals surface area contributed by atoms with E-state index in [2.05, 4.69) is 36.0 Å². The van der Waals surface area contributed by atoms with Gasteiger partial charge >= 0.3 is 0 Å². The van der Waals surface area contributed by atoms with Crippen molar-refractivity contribution in [1.29, 1.82) is 0 Å². The molecule has 1 saturated heterocycles. The van der Waals surface area contributed by atoms with Gasteiger partial charge in [0.05, 0.1) is 19.4 Å². The predicted molar refractivity (Wildman–Crippen MR) is 113 cm³/mol. The van der Waals surface area contributed by atoms with Crippen LogP contribution in [0, 0.1) is 5.92 Å². The Morgan fingerprint density at radius 1 is 1.31 bits per heavy atom. The number of guanidine groups is 1. The molecule has 0 unspecified atom stereocenters. The summed E-state index contributed by atoms with van der Waals surface area (Å²) < 4.78 is 10.8. The van der Waals surface area contributed by atoms with Gasteiger partial charge in [-0.2, -0.15) is 0 Å². The van der Waals surface area contributed by atoms with Crippen molar-refractivity contribution in [2.75, 3.05) is 52.5 Å². The van der Waals surface area contributed by atoms with Crippen LogP contribution in [0.1, 0.15) is 31.3 Å². The SMILES string of the molecule is CCNC(=NCCOCC(C)C)N1CCN(C(=O)c2ccco2)CC1.I. The molecule has 1 N–H and O–H groups in total. The maximum Gasteiger partial charge on any atom is 0.289 e. The molecule has 1 aliphatic rings. The van der Waals surface area contributed by atoms with E-state index in [0.29, 0.717) is 37.9 Å². The number of halogens is 1. The molecule has 1 aromatic heterocycles. The highest BCUT2D eigenvalue weighted by Crippen LogP contribution is 2.09. The summed E-state index contributed by atoms with van der Waals surface area (Å²) in [5, 5.41) is 3.32. The number of rotatable bonds is 7. The van der Waals surface area contributed by atoms with E-state index in [1.54, 1.807) is 12.1 Å². The van der Waals surface area contributed by atoms with Crippen molar-refractivity contribution in [2.45, 2.75) is 20.8 Å². The smallest absolute Gasteiger partial charge is 0.289 e. The van der Waals surface area contributed by atoms with Gasteiger partial charge in [0, 0.05) is 39.3 Å². The second-order valence-corrected chi connectivity index (χ2v) is 6.46. The third-order valence-electron chi connectivity index (χ3n) is 3.88. The highest BCUT2D eigenvalue weighted by atomic mass is 127. The van der Waals surface area contributed by atoms with Gasteiger partial charge in [-0.25, -0.2) is 0 Å². The Morgan fingerprint density at radius 3 is 2.58 bits per heavy atom. The quantitative estimate of drug-likeness (QED) is 0.282. The lowest BCUT2D eigenvalue weighted by molar-refractivity contribution is 0.0657. The molecule has 1 amide bonds. The largest absolute Gasteiger partial charge is 0.459 e. The molecule has 0 bridgehead atoms. The molecule has 0 spiro atoms. The number of carbonyl (C=O) groups is 1. The minimum Gasteiger partial charge on any atom is -0.459 e. The molecule has 1 aromatic rings. The van der Waals surface area contributed by atoms with Crippen molar-refractivity contribution in [2.24, 2.45) is 10.9 Å². The zero-order valence-electron chi connectivity index (χ0n) is 15.9. The zero-order valence-corrected chi connectivity index (χ0v) is 18.3. The van der Waals surface area contributed by atoms with E-state index < -0.39 is 0 Å². The summed E-state index contributed by atoms with van der Waals surface area (Å²) in [7, 11) is 0. The minimum atomic E-state index is -0.0475. The van der Waals surface area contributed by atoms with Gasteiger partial charge in [0.25, 0.3) is 5.91 Å². The van der Waals surface area contributed by atoms with E-state index in [1.807, 2.05) is 4.90 Å². The Balaban J connectivity index is 0.00000338. The summed E-state index contributed by atoms with van der Waals surface area (Å²) >= 11 is 0. The summed E-state index contributed by atoms with van der Waals surface area (Å²) in [4.78, 5) is 21.0. The van der Waals surface area contributed by atoms with E-state index in [9.17, 15) is 4.79 Å². The molecule has 0 atom stereocenters. The number of nitrogens with zero attached hydrogens (tertiary/aromatic N) is 3. The van der Waals surface area contributed by atoms with Crippen LogP contribution >= 0.6 is 24.0 Å². The number of ether oxygens (including phenoxy) is 1. The average Bonchev–Trinajstić information content (AvgIpc) is 3.14. The molecular weight excluding hydrogens is 447 g/mol. The van der Waals surface area contributed by atoms with Crippen molar-refractivity contribution in [3.05, 3.63) is 24.2 Å². The number of amides is 1. The molecule has 1 fully saturated rings. The number of piperazine rings is 1. The number of hydrogen-bond acceptors (Lipinski definition) is 4. The van der Waals surface area contributed by atoms with Gasteiger partial charge in [0.15, 0.2) is 11.7 Å². The molecule has 8 heteroatoms. The molecule has 0 aliphatic carbocycles. The molecule has 148 valence electrons. The first-order valence-electron chi connectivity index (χ1n) is 9.05. The lowest BCUT2D eigenvalue weighted by Crippen LogP contribution is -2.53. The number of furan rings is 1. The van der Waals surface area contributed by atoms with Gasteiger partial charge in [0.1, 0.15) is 0 Å². The first-order chi connectivity index (χ1) is 12.1. The van der Waals surface area contributed by atoms with Gasteiger partial charge in [-0.3, -0.25) is 9.79 Å². The Bertz CT molecular complexity index is 541. The average molecular weight is 478 g/mol. The van der Waals surface area contributed by atoms with Crippen LogP contribution in [0.5, 0.6) is 0 Å². The first kappa shape index (κ1) is 22.8. The fourth-order valence-corrected chi connectivity index (χ4v) is 2.64. The third-order valence-corrected chi connectivity index (χ3v) is 3.88. The van der Waals surface area contributed by atoms with Crippen molar-refractivity contribution < 1.29 is 13.9 Å². The summed E-state index contributed by atoms with van der Waals surface area (Å²) in [6, 6.07) is 3.44. The highest BCUT2D eigenvalue weighted by molar-refractivity contribution is 14.0.